The maximum absolute atomic E-state index is 15.4. The summed E-state index contributed by atoms with van der Waals surface area (Å²) < 4.78 is 54.1. The number of amides is 7. The number of nitrogens with one attached hydrogen (secondary N) is 2. The molecule has 2 saturated carbocycles. The van der Waals surface area contributed by atoms with Crippen molar-refractivity contribution < 1.29 is 60.9 Å². The Morgan fingerprint density at radius 2 is 0.972 bits per heavy atom. The zero-order valence-electron chi connectivity index (χ0n) is 60.4. The van der Waals surface area contributed by atoms with Gasteiger partial charge in [0.2, 0.25) is 23.6 Å². The van der Waals surface area contributed by atoms with Crippen LogP contribution < -0.4 is 30.2 Å². The van der Waals surface area contributed by atoms with E-state index in [1.54, 1.807) is 11.0 Å². The van der Waals surface area contributed by atoms with Crippen LogP contribution in [0.15, 0.2) is 118 Å². The number of fused-ring (bicyclic) bond motifs is 2. The molecule has 0 radical (unpaired) electrons. The lowest BCUT2D eigenvalue weighted by Gasteiger charge is -2.41. The first-order chi connectivity index (χ1) is 51.5. The highest BCUT2D eigenvalue weighted by atomic mass is 19.1. The zero-order chi connectivity index (χ0) is 74.9. The third-order valence-electron chi connectivity index (χ3n) is 22.2. The quantitative estimate of drug-likeness (QED) is 0.0364. The Labute approximate surface area is 617 Å². The molecule has 548 valence electrons. The topological polar surface area (TPSA) is 242 Å². The van der Waals surface area contributed by atoms with Gasteiger partial charge in [0.1, 0.15) is 35.2 Å². The van der Waals surface area contributed by atoms with Gasteiger partial charge >= 0.3 is 0 Å². The average molecular weight is 1450 g/mol. The fourth-order valence-corrected chi connectivity index (χ4v) is 15.7. The van der Waals surface area contributed by atoms with E-state index in [0.717, 1.165) is 133 Å². The van der Waals surface area contributed by atoms with E-state index >= 15 is 8.78 Å². The molecule has 16 rings (SSSR count). The van der Waals surface area contributed by atoms with Crippen molar-refractivity contribution in [2.45, 2.75) is 148 Å². The van der Waals surface area contributed by atoms with E-state index in [9.17, 15) is 33.6 Å². The first-order valence-corrected chi connectivity index (χ1v) is 36.4. The molecule has 2 aliphatic carbocycles. The van der Waals surface area contributed by atoms with Gasteiger partial charge in [0, 0.05) is 148 Å². The van der Waals surface area contributed by atoms with Crippen LogP contribution in [0.4, 0.5) is 42.9 Å². The summed E-state index contributed by atoms with van der Waals surface area (Å²) in [6, 6.07) is 32.9. The van der Waals surface area contributed by atoms with Crippen molar-refractivity contribution in [1.29, 1.82) is 0 Å². The summed E-state index contributed by atoms with van der Waals surface area (Å²) in [5.74, 6) is -3.29. The summed E-state index contributed by atoms with van der Waals surface area (Å²) in [7, 11) is 0. The van der Waals surface area contributed by atoms with Crippen LogP contribution in [0, 0.1) is 66.3 Å². The van der Waals surface area contributed by atoms with Gasteiger partial charge in [-0.05, 0) is 180 Å². The second-order valence-electron chi connectivity index (χ2n) is 29.2. The molecule has 6 aliphatic heterocycles. The Kier molecular flexibility index (Phi) is 18.9. The van der Waals surface area contributed by atoms with E-state index in [0.29, 0.717) is 75.7 Å². The van der Waals surface area contributed by atoms with E-state index in [2.05, 4.69) is 139 Å². The molecule has 8 heterocycles. The molecule has 6 aromatic carbocycles. The van der Waals surface area contributed by atoms with Crippen LogP contribution in [0.5, 0.6) is 0 Å². The Balaban J connectivity index is 0.000000171. The number of hydrogen-bond acceptors (Lipinski definition) is 17. The van der Waals surface area contributed by atoms with Gasteiger partial charge in [-0.25, -0.2) is 21.9 Å². The molecule has 107 heavy (non-hydrogen) atoms. The highest BCUT2D eigenvalue weighted by molar-refractivity contribution is 6.24. The van der Waals surface area contributed by atoms with Crippen molar-refractivity contribution in [2.24, 2.45) is 0 Å². The second kappa shape index (κ2) is 28.5. The molecule has 4 saturated heterocycles. The number of aryl methyl sites for hydroxylation is 6. The van der Waals surface area contributed by atoms with Gasteiger partial charge in [-0.15, -0.1) is 0 Å². The van der Waals surface area contributed by atoms with E-state index in [1.807, 2.05) is 32.6 Å². The van der Waals surface area contributed by atoms with E-state index in [-0.39, 0.29) is 78.6 Å². The lowest BCUT2D eigenvalue weighted by Crippen LogP contribution is -2.54. The number of piperidine rings is 2. The number of carbonyl (C=O) groups is 7. The molecule has 23 nitrogen and oxygen atoms in total. The van der Waals surface area contributed by atoms with Crippen LogP contribution in [0.3, 0.4) is 0 Å². The van der Waals surface area contributed by atoms with Crippen LogP contribution in [-0.2, 0) is 46.3 Å². The van der Waals surface area contributed by atoms with Gasteiger partial charge in [0.15, 0.2) is 0 Å². The lowest BCUT2D eigenvalue weighted by molar-refractivity contribution is -0.138. The molecular weight excluding hydrogens is 1370 g/mol. The van der Waals surface area contributed by atoms with Crippen molar-refractivity contribution in [1.82, 2.24) is 30.7 Å². The summed E-state index contributed by atoms with van der Waals surface area (Å²) in [6.07, 6.45) is 5.20. The summed E-state index contributed by atoms with van der Waals surface area (Å²) in [4.78, 5) is 106. The molecule has 2 aromatic heterocycles. The summed E-state index contributed by atoms with van der Waals surface area (Å²) in [6.45, 7) is 31.5. The maximum atomic E-state index is 15.4. The van der Waals surface area contributed by atoms with Crippen molar-refractivity contribution in [3.05, 3.63) is 211 Å². The molecular formula is C82H80F2N12O11. The highest BCUT2D eigenvalue weighted by Gasteiger charge is 2.54. The number of imide groups is 3. The van der Waals surface area contributed by atoms with Gasteiger partial charge < -0.3 is 52.7 Å². The van der Waals surface area contributed by atoms with Crippen LogP contribution >= 0.6 is 0 Å². The Morgan fingerprint density at radius 3 is 1.39 bits per heavy atom. The average Bonchev–Trinajstić information content (AvgIpc) is 1.62. The molecule has 25 heteroatoms. The predicted octanol–water partition coefficient (Wildman–Crippen LogP) is 12.7. The van der Waals surface area contributed by atoms with E-state index < -0.39 is 58.8 Å². The van der Waals surface area contributed by atoms with E-state index in [4.69, 9.17) is 31.7 Å². The fourth-order valence-electron chi connectivity index (χ4n) is 15.7. The SMILES string of the molecule is [C-]#[N+]C1(c2ccc(N(CCCOC3CN(c4cc5c(cc4F)C(=O)N(C4CCC(=O)NC4=O)C5=O)C3)c3cc(-c4c(C)noc4C)ccc3C)cc2)CC1.[C-]#[N+]C1(c2ccc(N(CCCOC3CN(c4cc5c(cc4F)CN(C4CCC(=O)NC4=O)C5=O)C3)c3cc(-c4c(C)noc4C)ccc3C)cc2)CC1. The normalized spacial score (nSPS) is 19.1. The van der Waals surface area contributed by atoms with Crippen LogP contribution in [0.1, 0.15) is 146 Å². The third kappa shape index (κ3) is 13.6. The van der Waals surface area contributed by atoms with Crippen LogP contribution in [0.25, 0.3) is 31.9 Å². The summed E-state index contributed by atoms with van der Waals surface area (Å²) in [5.41, 5.74) is 14.8. The third-order valence-corrected chi connectivity index (χ3v) is 22.2. The first-order valence-electron chi connectivity index (χ1n) is 36.4. The number of hydrogen-bond donors (Lipinski definition) is 2. The predicted molar refractivity (Wildman–Crippen MR) is 393 cm³/mol. The molecule has 7 amide bonds. The van der Waals surface area contributed by atoms with Crippen molar-refractivity contribution in [2.75, 3.05) is 72.1 Å². The standard InChI is InChI=1S/C41H39FN6O6.C41H41FN6O5/c1-23-6-7-26(37-24(2)45-54-25(37)3)18-34(23)47(28-10-8-27(9-11-28)41(43-4)14-15-41)16-5-17-53-29-21-46(22-29)35-20-31-30(19-32(35)42)39(51)48(40(31)52)33-12-13-36(49)44-38(33)50;1-24-6-7-27(38-25(2)45-53-26(38)3)19-35(24)47(30-10-8-29(9-11-30)41(43-4)14-15-41)16-5-17-52-31-22-46(23-31)36-20-32-28(18-33(36)42)21-48(40(32)51)34-12-13-37(49)44-39(34)50/h6-11,18-20,29,33H,5,12-17,21-22H2,1-3H3,(H,44,49,50);6-11,18-20,31,34H,5,12-17,21-23H2,1-3H3,(H,44,49,50). The van der Waals surface area contributed by atoms with Gasteiger partial charge in [-0.1, -0.05) is 34.6 Å². The Bertz CT molecular complexity index is 5000. The molecule has 8 aliphatic rings. The van der Waals surface area contributed by atoms with E-state index in [1.165, 1.54) is 17.0 Å². The molecule has 2 atom stereocenters. The second-order valence-corrected chi connectivity index (χ2v) is 29.2. The van der Waals surface area contributed by atoms with Crippen molar-refractivity contribution in [3.63, 3.8) is 0 Å². The largest absolute Gasteiger partial charge is 0.374 e. The summed E-state index contributed by atoms with van der Waals surface area (Å²) in [5, 5.41) is 12.8. The number of benzene rings is 6. The zero-order valence-corrected chi connectivity index (χ0v) is 60.4. The molecule has 2 unspecified atom stereocenters. The minimum atomic E-state index is -1.12. The summed E-state index contributed by atoms with van der Waals surface area (Å²) >= 11 is 0. The number of anilines is 6. The lowest BCUT2D eigenvalue weighted by atomic mass is 10.00. The van der Waals surface area contributed by atoms with Gasteiger partial charge in [0.25, 0.3) is 28.8 Å². The number of rotatable bonds is 22. The molecule has 2 N–H and O–H groups in total. The van der Waals surface area contributed by atoms with Crippen LogP contribution in [-0.4, -0.2) is 138 Å². The number of aromatic nitrogens is 2. The number of carbonyl (C=O) groups excluding carboxylic acids is 7. The van der Waals surface area contributed by atoms with Crippen molar-refractivity contribution in [3.8, 4) is 22.3 Å². The molecule has 0 bridgehead atoms. The number of halogens is 2. The molecule has 6 fully saturated rings. The number of ether oxygens (including phenoxy) is 2. The highest BCUT2D eigenvalue weighted by Crippen LogP contribution is 2.52. The fraction of sp³-hybridized carbons (Fsp3) is 0.378. The number of nitrogens with zero attached hydrogens (tertiary/aromatic N) is 10. The smallest absolute Gasteiger partial charge is 0.262 e. The minimum absolute atomic E-state index is 0.00473. The van der Waals surface area contributed by atoms with Crippen molar-refractivity contribution >= 4 is 75.5 Å². The van der Waals surface area contributed by atoms with Crippen LogP contribution in [0.2, 0.25) is 0 Å². The van der Waals surface area contributed by atoms with Gasteiger partial charge in [-0.2, -0.15) is 0 Å². The Morgan fingerprint density at radius 1 is 0.542 bits per heavy atom. The maximum Gasteiger partial charge on any atom is 0.262 e. The molecule has 0 spiro atoms. The van der Waals surface area contributed by atoms with Gasteiger partial charge in [0.05, 0.1) is 46.1 Å². The molecule has 8 aromatic rings. The monoisotopic (exact) mass is 1450 g/mol. The first kappa shape index (κ1) is 71.2. The minimum Gasteiger partial charge on any atom is -0.374 e. The van der Waals surface area contributed by atoms with Gasteiger partial charge in [-0.3, -0.25) is 49.1 Å². The Hall–Kier alpha value is -11.4.